The van der Waals surface area contributed by atoms with E-state index in [1.165, 1.54) is 6.07 Å². The molecular formula is C37H46FN3O6Si. The number of nitrogens with zero attached hydrogens (tertiary/aromatic N) is 2. The lowest BCUT2D eigenvalue weighted by atomic mass is 9.81. The number of fused-ring (bicyclic) bond motifs is 5. The van der Waals surface area contributed by atoms with Gasteiger partial charge in [-0.2, -0.15) is 0 Å². The second-order valence-electron chi connectivity index (χ2n) is 15.2. The first-order valence-corrected chi connectivity index (χ1v) is 20.1. The summed E-state index contributed by atoms with van der Waals surface area (Å²) in [4.78, 5) is 46.6. The molecule has 0 bridgehead atoms. The number of nitrogens with one attached hydrogen (secondary N) is 1. The zero-order valence-electron chi connectivity index (χ0n) is 29.1. The molecule has 3 aromatic rings. The van der Waals surface area contributed by atoms with Crippen LogP contribution in [0.4, 0.5) is 9.18 Å². The van der Waals surface area contributed by atoms with Crippen molar-refractivity contribution in [2.24, 2.45) is 5.92 Å². The average molecular weight is 676 g/mol. The fourth-order valence-electron chi connectivity index (χ4n) is 8.20. The molecule has 2 atom stereocenters. The van der Waals surface area contributed by atoms with Gasteiger partial charge in [0, 0.05) is 22.6 Å². The van der Waals surface area contributed by atoms with Crippen LogP contribution in [0.1, 0.15) is 107 Å². The quantitative estimate of drug-likeness (QED) is 0.153. The first-order valence-electron chi connectivity index (χ1n) is 17.5. The summed E-state index contributed by atoms with van der Waals surface area (Å²) in [6.07, 6.45) is 3.07. The van der Waals surface area contributed by atoms with Crippen LogP contribution in [0.3, 0.4) is 0 Å². The second-order valence-corrected chi connectivity index (χ2v) is 19.8. The van der Waals surface area contributed by atoms with E-state index in [4.69, 9.17) is 18.9 Å². The number of esters is 1. The molecule has 2 aromatic heterocycles. The third kappa shape index (κ3) is 5.19. The standard InChI is InChI=1S/C37H46FN3O6Si/c1-8-48(9-2,10-3)47-37(17-21-11-12-21)25-15-29-32-23(18-41(29)33(42)24(25)19-45-34(37)43)31-27(40-35(44)46-36(5,6)7)14-13-22-20(4)26(38)16-28(39-32)30(22)31/h15-16,21,27H,8-14,17-19H2,1-7H3,(H,40,44)/t27-,37-/m0/s1. The zero-order chi connectivity index (χ0) is 34.3. The number of carbonyl (C=O) groups excluding carboxylic acids is 2. The Morgan fingerprint density at radius 2 is 1.81 bits per heavy atom. The fraction of sp³-hybridized carbons (Fsp3) is 0.568. The number of aromatic nitrogens is 2. The van der Waals surface area contributed by atoms with Crippen LogP contribution in [0.5, 0.6) is 0 Å². The van der Waals surface area contributed by atoms with E-state index in [-0.39, 0.29) is 24.5 Å². The lowest BCUT2D eigenvalue weighted by Gasteiger charge is -2.44. The highest BCUT2D eigenvalue weighted by molar-refractivity contribution is 6.73. The number of rotatable bonds is 8. The minimum atomic E-state index is -2.36. The van der Waals surface area contributed by atoms with Gasteiger partial charge in [-0.15, -0.1) is 0 Å². The summed E-state index contributed by atoms with van der Waals surface area (Å²) in [5, 5.41) is 3.90. The molecule has 1 saturated carbocycles. The molecule has 2 aliphatic carbocycles. The Morgan fingerprint density at radius 1 is 1.10 bits per heavy atom. The van der Waals surface area contributed by atoms with Gasteiger partial charge in [0.05, 0.1) is 35.1 Å². The van der Waals surface area contributed by atoms with Crippen molar-refractivity contribution in [3.05, 3.63) is 61.7 Å². The van der Waals surface area contributed by atoms with E-state index in [2.05, 4.69) is 26.1 Å². The maximum atomic E-state index is 15.4. The highest BCUT2D eigenvalue weighted by Crippen LogP contribution is 2.51. The highest BCUT2D eigenvalue weighted by atomic mass is 28.4. The number of hydrogen-bond acceptors (Lipinski definition) is 7. The Balaban J connectivity index is 1.45. The molecular weight excluding hydrogens is 630 g/mol. The molecule has 1 aromatic carbocycles. The minimum Gasteiger partial charge on any atom is -0.458 e. The van der Waals surface area contributed by atoms with Crippen molar-refractivity contribution in [2.75, 3.05) is 0 Å². The van der Waals surface area contributed by atoms with E-state index in [0.29, 0.717) is 58.8 Å². The van der Waals surface area contributed by atoms with Crippen LogP contribution in [0.2, 0.25) is 18.1 Å². The van der Waals surface area contributed by atoms with Crippen LogP contribution in [-0.4, -0.2) is 35.5 Å². The Labute approximate surface area is 281 Å². The van der Waals surface area contributed by atoms with Crippen LogP contribution in [0.15, 0.2) is 16.9 Å². The van der Waals surface area contributed by atoms with E-state index in [1.54, 1.807) is 11.5 Å². The zero-order valence-corrected chi connectivity index (χ0v) is 30.1. The third-order valence-corrected chi connectivity index (χ3v) is 15.8. The van der Waals surface area contributed by atoms with Gasteiger partial charge in [-0.1, -0.05) is 33.6 Å². The molecule has 1 N–H and O–H groups in total. The van der Waals surface area contributed by atoms with Crippen molar-refractivity contribution < 1.29 is 27.9 Å². The lowest BCUT2D eigenvalue weighted by molar-refractivity contribution is -0.171. The Kier molecular flexibility index (Phi) is 7.90. The van der Waals surface area contributed by atoms with E-state index in [9.17, 15) is 14.4 Å². The molecule has 4 heterocycles. The van der Waals surface area contributed by atoms with Gasteiger partial charge in [-0.25, -0.2) is 19.0 Å². The molecule has 256 valence electrons. The van der Waals surface area contributed by atoms with Crippen molar-refractivity contribution in [3.63, 3.8) is 0 Å². The summed E-state index contributed by atoms with van der Waals surface area (Å²) in [7, 11) is -2.36. The molecule has 2 aliphatic heterocycles. The Bertz CT molecular complexity index is 1920. The maximum Gasteiger partial charge on any atom is 0.408 e. The predicted molar refractivity (Wildman–Crippen MR) is 183 cm³/mol. The van der Waals surface area contributed by atoms with Gasteiger partial charge >= 0.3 is 12.1 Å². The first kappa shape index (κ1) is 32.9. The number of pyridine rings is 2. The van der Waals surface area contributed by atoms with Crippen molar-refractivity contribution in [3.8, 4) is 11.4 Å². The highest BCUT2D eigenvalue weighted by Gasteiger charge is 2.55. The monoisotopic (exact) mass is 675 g/mol. The molecule has 1 amide bonds. The molecule has 9 nitrogen and oxygen atoms in total. The van der Waals surface area contributed by atoms with Crippen molar-refractivity contribution in [1.29, 1.82) is 0 Å². The topological polar surface area (TPSA) is 109 Å². The van der Waals surface area contributed by atoms with Crippen molar-refractivity contribution >= 4 is 31.3 Å². The molecule has 0 spiro atoms. The van der Waals surface area contributed by atoms with E-state index in [0.717, 1.165) is 53.1 Å². The summed E-state index contributed by atoms with van der Waals surface area (Å²) < 4.78 is 35.7. The van der Waals surface area contributed by atoms with Gasteiger partial charge in [-0.05, 0) is 93.8 Å². The molecule has 0 radical (unpaired) electrons. The number of benzene rings is 1. The fourth-order valence-corrected chi connectivity index (χ4v) is 11.1. The number of alkyl carbamates (subject to hydrolysis) is 1. The number of cyclic esters (lactones) is 1. The molecule has 1 fully saturated rings. The average Bonchev–Trinajstić information content (AvgIpc) is 3.78. The van der Waals surface area contributed by atoms with Crippen LogP contribution >= 0.6 is 0 Å². The number of aryl methyl sites for hydroxylation is 1. The smallest absolute Gasteiger partial charge is 0.408 e. The van der Waals surface area contributed by atoms with Crippen molar-refractivity contribution in [1.82, 2.24) is 14.9 Å². The first-order chi connectivity index (χ1) is 22.7. The van der Waals surface area contributed by atoms with E-state index in [1.807, 2.05) is 26.8 Å². The summed E-state index contributed by atoms with van der Waals surface area (Å²) in [5.41, 5.74) is 3.47. The summed E-state index contributed by atoms with van der Waals surface area (Å²) in [6.45, 7) is 13.7. The molecule has 0 saturated heterocycles. The molecule has 11 heteroatoms. The number of carbonyl (C=O) groups is 2. The number of ether oxygens (including phenoxy) is 2. The molecule has 7 rings (SSSR count). The van der Waals surface area contributed by atoms with Gasteiger partial charge in [-0.3, -0.25) is 4.79 Å². The number of hydrogen-bond donors (Lipinski definition) is 1. The summed E-state index contributed by atoms with van der Waals surface area (Å²) in [6, 6.07) is 5.49. The van der Waals surface area contributed by atoms with E-state index < -0.39 is 37.6 Å². The molecule has 0 unspecified atom stereocenters. The van der Waals surface area contributed by atoms with Gasteiger partial charge in [0.15, 0.2) is 13.9 Å². The summed E-state index contributed by atoms with van der Waals surface area (Å²) >= 11 is 0. The van der Waals surface area contributed by atoms with Crippen LogP contribution in [0.25, 0.3) is 22.3 Å². The van der Waals surface area contributed by atoms with Gasteiger partial charge in [0.25, 0.3) is 5.56 Å². The molecule has 4 aliphatic rings. The third-order valence-electron chi connectivity index (χ3n) is 11.1. The SMILES string of the molecule is CC[Si](CC)(CC)O[C@]1(CC2CC2)C(=O)OCc2c1cc1n(c2=O)Cc2c-1nc1cc(F)c(C)c3c1c2[C@@H](NC(=O)OC(C)(C)C)CC3. The van der Waals surface area contributed by atoms with Crippen LogP contribution < -0.4 is 10.9 Å². The molecule has 48 heavy (non-hydrogen) atoms. The van der Waals surface area contributed by atoms with Crippen LogP contribution in [-0.2, 0) is 43.9 Å². The van der Waals surface area contributed by atoms with Crippen molar-refractivity contribution in [2.45, 2.75) is 129 Å². The lowest BCUT2D eigenvalue weighted by Crippen LogP contribution is -2.54. The Morgan fingerprint density at radius 3 is 2.46 bits per heavy atom. The predicted octanol–water partition coefficient (Wildman–Crippen LogP) is 7.46. The second kappa shape index (κ2) is 11.5. The largest absolute Gasteiger partial charge is 0.458 e. The maximum absolute atomic E-state index is 15.4. The van der Waals surface area contributed by atoms with E-state index >= 15 is 4.39 Å². The number of amides is 1. The normalized spacial score (nSPS) is 21.4. The van der Waals surface area contributed by atoms with Crippen LogP contribution in [0, 0.1) is 18.7 Å². The minimum absolute atomic E-state index is 0.113. The number of halogens is 1. The summed E-state index contributed by atoms with van der Waals surface area (Å²) in [5.74, 6) is -0.433. The Hall–Kier alpha value is -3.57. The van der Waals surface area contributed by atoms with Gasteiger partial charge in [0.2, 0.25) is 0 Å². The van der Waals surface area contributed by atoms with Gasteiger partial charge < -0.3 is 23.8 Å². The van der Waals surface area contributed by atoms with Gasteiger partial charge in [0.1, 0.15) is 18.0 Å².